The molecule has 2 aromatic rings. The van der Waals surface area contributed by atoms with Crippen LogP contribution in [0.25, 0.3) is 0 Å². The Morgan fingerprint density at radius 2 is 1.93 bits per heavy atom. The van der Waals surface area contributed by atoms with Crippen LogP contribution in [-0.2, 0) is 0 Å². The SMILES string of the molecule is CC1CCC(N)C12CCN(c1cnc(Sc3ccnc(N)c3Cl)c(N)n1)CC2. The number of piperidine rings is 1. The summed E-state index contributed by atoms with van der Waals surface area (Å²) in [5.41, 5.74) is 18.7. The van der Waals surface area contributed by atoms with Crippen LogP contribution in [0.2, 0.25) is 5.02 Å². The zero-order valence-corrected chi connectivity index (χ0v) is 17.5. The summed E-state index contributed by atoms with van der Waals surface area (Å²) in [6.07, 6.45) is 7.97. The van der Waals surface area contributed by atoms with Gasteiger partial charge in [-0.3, -0.25) is 0 Å². The van der Waals surface area contributed by atoms with Crippen molar-refractivity contribution in [3.63, 3.8) is 0 Å². The number of aromatic nitrogens is 3. The molecule has 2 fully saturated rings. The number of anilines is 3. The van der Waals surface area contributed by atoms with Gasteiger partial charge in [-0.1, -0.05) is 30.3 Å². The van der Waals surface area contributed by atoms with Crippen molar-refractivity contribution in [2.45, 2.75) is 48.6 Å². The highest BCUT2D eigenvalue weighted by Crippen LogP contribution is 2.50. The number of nitrogen functional groups attached to an aromatic ring is 2. The van der Waals surface area contributed by atoms with Crippen LogP contribution in [-0.4, -0.2) is 34.1 Å². The van der Waals surface area contributed by atoms with Crippen molar-refractivity contribution in [1.82, 2.24) is 15.0 Å². The minimum atomic E-state index is 0.281. The molecule has 2 atom stereocenters. The van der Waals surface area contributed by atoms with Crippen molar-refractivity contribution in [2.24, 2.45) is 17.1 Å². The summed E-state index contributed by atoms with van der Waals surface area (Å²) in [5.74, 6) is 2.19. The Morgan fingerprint density at radius 1 is 1.18 bits per heavy atom. The molecule has 2 unspecified atom stereocenters. The van der Waals surface area contributed by atoms with Gasteiger partial charge in [0.15, 0.2) is 5.82 Å². The average molecular weight is 420 g/mol. The number of nitrogens with zero attached hydrogens (tertiary/aromatic N) is 4. The fourth-order valence-electron chi connectivity index (χ4n) is 4.62. The molecule has 4 rings (SSSR count). The van der Waals surface area contributed by atoms with E-state index >= 15 is 0 Å². The maximum absolute atomic E-state index is 6.47. The average Bonchev–Trinajstić information content (AvgIpc) is 2.96. The molecule has 1 spiro atoms. The molecule has 6 N–H and O–H groups in total. The topological polar surface area (TPSA) is 120 Å². The van der Waals surface area contributed by atoms with Gasteiger partial charge in [0.25, 0.3) is 0 Å². The molecule has 1 saturated heterocycles. The highest BCUT2D eigenvalue weighted by Gasteiger charge is 2.47. The van der Waals surface area contributed by atoms with E-state index in [0.29, 0.717) is 27.8 Å². The van der Waals surface area contributed by atoms with Gasteiger partial charge in [-0.05, 0) is 43.1 Å². The molecule has 0 radical (unpaired) electrons. The van der Waals surface area contributed by atoms with Gasteiger partial charge in [0.2, 0.25) is 0 Å². The van der Waals surface area contributed by atoms with Crippen molar-refractivity contribution in [3.05, 3.63) is 23.5 Å². The summed E-state index contributed by atoms with van der Waals surface area (Å²) < 4.78 is 0. The number of pyridine rings is 1. The van der Waals surface area contributed by atoms with E-state index in [1.54, 1.807) is 18.5 Å². The highest BCUT2D eigenvalue weighted by molar-refractivity contribution is 7.99. The standard InChI is InChI=1S/C19H26ClN7S/c1-11-2-3-13(21)19(11)5-8-27(9-6-19)14-10-25-18(17(23)26-14)28-12-4-7-24-16(22)15(12)20/h4,7,10-11,13H,2-3,5-6,8-9,21H2,1H3,(H2,22,24)(H2,23,26). The van der Waals surface area contributed by atoms with Gasteiger partial charge in [-0.15, -0.1) is 0 Å². The van der Waals surface area contributed by atoms with E-state index < -0.39 is 0 Å². The Kier molecular flexibility index (Phi) is 5.28. The first-order valence-electron chi connectivity index (χ1n) is 9.61. The van der Waals surface area contributed by atoms with Gasteiger partial charge in [-0.2, -0.15) is 0 Å². The van der Waals surface area contributed by atoms with Gasteiger partial charge >= 0.3 is 0 Å². The van der Waals surface area contributed by atoms with Crippen molar-refractivity contribution in [3.8, 4) is 0 Å². The Hall–Kier alpha value is -1.77. The zero-order valence-electron chi connectivity index (χ0n) is 15.9. The third kappa shape index (κ3) is 3.38. The second-order valence-corrected chi connectivity index (χ2v) is 9.24. The largest absolute Gasteiger partial charge is 0.382 e. The van der Waals surface area contributed by atoms with E-state index in [4.69, 9.17) is 28.8 Å². The van der Waals surface area contributed by atoms with Crippen molar-refractivity contribution in [2.75, 3.05) is 29.5 Å². The van der Waals surface area contributed by atoms with Crippen LogP contribution in [0.1, 0.15) is 32.6 Å². The highest BCUT2D eigenvalue weighted by atomic mass is 35.5. The zero-order chi connectivity index (χ0) is 19.9. The summed E-state index contributed by atoms with van der Waals surface area (Å²) in [4.78, 5) is 16.1. The predicted molar refractivity (Wildman–Crippen MR) is 114 cm³/mol. The lowest BCUT2D eigenvalue weighted by atomic mass is 9.69. The third-order valence-electron chi connectivity index (χ3n) is 6.49. The van der Waals surface area contributed by atoms with E-state index in [9.17, 15) is 0 Å². The van der Waals surface area contributed by atoms with Crippen LogP contribution < -0.4 is 22.1 Å². The number of rotatable bonds is 3. The second kappa shape index (κ2) is 7.57. The molecule has 0 amide bonds. The molecule has 3 heterocycles. The smallest absolute Gasteiger partial charge is 0.158 e. The van der Waals surface area contributed by atoms with Crippen molar-refractivity contribution >= 4 is 40.8 Å². The quantitative estimate of drug-likeness (QED) is 0.693. The first-order valence-corrected chi connectivity index (χ1v) is 10.8. The lowest BCUT2D eigenvalue weighted by molar-refractivity contribution is 0.139. The molecule has 2 aliphatic rings. The van der Waals surface area contributed by atoms with Crippen LogP contribution in [0.5, 0.6) is 0 Å². The van der Waals surface area contributed by atoms with Crippen LogP contribution >= 0.6 is 23.4 Å². The Morgan fingerprint density at radius 3 is 2.57 bits per heavy atom. The van der Waals surface area contributed by atoms with Crippen LogP contribution in [0.3, 0.4) is 0 Å². The fourth-order valence-corrected chi connectivity index (χ4v) is 5.64. The number of hydrogen-bond acceptors (Lipinski definition) is 8. The molecule has 1 aliphatic carbocycles. The fraction of sp³-hybridized carbons (Fsp3) is 0.526. The van der Waals surface area contributed by atoms with Gasteiger partial charge in [-0.25, -0.2) is 15.0 Å². The number of nitrogens with two attached hydrogens (primary N) is 3. The molecule has 9 heteroatoms. The van der Waals surface area contributed by atoms with Gasteiger partial charge in [0, 0.05) is 30.2 Å². The Bertz CT molecular complexity index is 857. The van der Waals surface area contributed by atoms with Crippen LogP contribution in [0.15, 0.2) is 28.4 Å². The minimum absolute atomic E-state index is 0.281. The van der Waals surface area contributed by atoms with Gasteiger partial charge in [0.1, 0.15) is 16.7 Å². The summed E-state index contributed by atoms with van der Waals surface area (Å²) in [6.45, 7) is 4.22. The first kappa shape index (κ1) is 19.5. The summed E-state index contributed by atoms with van der Waals surface area (Å²) in [7, 11) is 0. The molecular formula is C19H26ClN7S. The number of hydrogen-bond donors (Lipinski definition) is 3. The normalized spacial score (nSPS) is 24.0. The molecule has 1 aliphatic heterocycles. The predicted octanol–water partition coefficient (Wildman–Crippen LogP) is 3.18. The molecule has 28 heavy (non-hydrogen) atoms. The Balaban J connectivity index is 1.47. The molecule has 2 aromatic heterocycles. The van der Waals surface area contributed by atoms with Gasteiger partial charge in [0.05, 0.1) is 11.2 Å². The molecule has 1 saturated carbocycles. The van der Waals surface area contributed by atoms with Crippen LogP contribution in [0, 0.1) is 11.3 Å². The summed E-state index contributed by atoms with van der Waals surface area (Å²) in [6, 6.07) is 2.10. The lowest BCUT2D eigenvalue weighted by Gasteiger charge is -2.45. The van der Waals surface area contributed by atoms with Crippen molar-refractivity contribution in [1.29, 1.82) is 0 Å². The lowest BCUT2D eigenvalue weighted by Crippen LogP contribution is -2.49. The molecule has 150 valence electrons. The van der Waals surface area contributed by atoms with E-state index in [1.807, 2.05) is 0 Å². The van der Waals surface area contributed by atoms with E-state index in [0.717, 1.165) is 43.1 Å². The third-order valence-corrected chi connectivity index (χ3v) is 8.06. The van der Waals surface area contributed by atoms with E-state index in [-0.39, 0.29) is 11.2 Å². The second-order valence-electron chi connectivity index (χ2n) is 7.83. The minimum Gasteiger partial charge on any atom is -0.382 e. The summed E-state index contributed by atoms with van der Waals surface area (Å²) in [5, 5.41) is 1.01. The first-order chi connectivity index (χ1) is 13.4. The van der Waals surface area contributed by atoms with Gasteiger partial charge < -0.3 is 22.1 Å². The number of halogens is 1. The molecule has 0 bridgehead atoms. The van der Waals surface area contributed by atoms with E-state index in [1.165, 1.54) is 18.2 Å². The monoisotopic (exact) mass is 419 g/mol. The maximum atomic E-state index is 6.47. The molecular weight excluding hydrogens is 394 g/mol. The Labute approximate surface area is 174 Å². The molecule has 7 nitrogen and oxygen atoms in total. The summed E-state index contributed by atoms with van der Waals surface area (Å²) >= 11 is 7.56. The molecule has 0 aromatic carbocycles. The van der Waals surface area contributed by atoms with Crippen molar-refractivity contribution < 1.29 is 0 Å². The van der Waals surface area contributed by atoms with Crippen LogP contribution in [0.4, 0.5) is 17.5 Å². The van der Waals surface area contributed by atoms with E-state index in [2.05, 4.69) is 26.8 Å². The maximum Gasteiger partial charge on any atom is 0.158 e.